The van der Waals surface area contributed by atoms with Gasteiger partial charge in [0.2, 0.25) is 0 Å². The van der Waals surface area contributed by atoms with Crippen molar-refractivity contribution in [3.8, 4) is 5.75 Å². The number of ether oxygens (including phenoxy) is 2. The molecule has 0 amide bonds. The van der Waals surface area contributed by atoms with Crippen LogP contribution in [0.5, 0.6) is 5.75 Å². The molecule has 0 spiro atoms. The lowest BCUT2D eigenvalue weighted by molar-refractivity contribution is -0.146. The Morgan fingerprint density at radius 2 is 2.11 bits per heavy atom. The molecule has 19 heavy (non-hydrogen) atoms. The predicted molar refractivity (Wildman–Crippen MR) is 64.7 cm³/mol. The van der Waals surface area contributed by atoms with Crippen LogP contribution in [0.4, 0.5) is 4.39 Å². The highest BCUT2D eigenvalue weighted by molar-refractivity contribution is 5.87. The monoisotopic (exact) mass is 270 g/mol. The molecule has 0 heterocycles. The Labute approximate surface area is 109 Å². The zero-order chi connectivity index (χ0) is 14.3. The fourth-order valence-corrected chi connectivity index (χ4v) is 1.26. The van der Waals surface area contributed by atoms with Gasteiger partial charge >= 0.3 is 11.9 Å². The van der Waals surface area contributed by atoms with Crippen molar-refractivity contribution in [2.75, 3.05) is 13.2 Å². The van der Waals surface area contributed by atoms with Crippen LogP contribution in [0.3, 0.4) is 0 Å². The average molecular weight is 270 g/mol. The molecule has 6 heteroatoms. The Morgan fingerprint density at radius 3 is 2.68 bits per heavy atom. The molecule has 0 aliphatic heterocycles. The van der Waals surface area contributed by atoms with Crippen molar-refractivity contribution in [2.24, 2.45) is 0 Å². The van der Waals surface area contributed by atoms with Crippen LogP contribution in [0.15, 0.2) is 18.2 Å². The van der Waals surface area contributed by atoms with Crippen LogP contribution in [-0.4, -0.2) is 30.3 Å². The van der Waals surface area contributed by atoms with Gasteiger partial charge in [0.1, 0.15) is 0 Å². The summed E-state index contributed by atoms with van der Waals surface area (Å²) in [4.78, 5) is 21.8. The molecular weight excluding hydrogens is 255 g/mol. The average Bonchev–Trinajstić information content (AvgIpc) is 2.37. The predicted octanol–water partition coefficient (Wildman–Crippen LogP) is 2.25. The van der Waals surface area contributed by atoms with E-state index in [9.17, 15) is 14.0 Å². The number of carboxylic acid groups (broad SMARTS) is 1. The van der Waals surface area contributed by atoms with E-state index in [0.717, 1.165) is 25.0 Å². The third kappa shape index (κ3) is 4.95. The van der Waals surface area contributed by atoms with Crippen molar-refractivity contribution in [1.82, 2.24) is 0 Å². The maximum Gasteiger partial charge on any atom is 0.344 e. The van der Waals surface area contributed by atoms with E-state index < -0.39 is 24.4 Å². The molecule has 1 N–H and O–H groups in total. The SMILES string of the molecule is CCCCOC(=O)COc1ccc(C(=O)O)cc1F. The normalized spacial score (nSPS) is 10.0. The van der Waals surface area contributed by atoms with Crippen molar-refractivity contribution in [1.29, 1.82) is 0 Å². The van der Waals surface area contributed by atoms with Crippen LogP contribution in [0, 0.1) is 5.82 Å². The number of carbonyl (C=O) groups excluding carboxylic acids is 1. The Morgan fingerprint density at radius 1 is 1.37 bits per heavy atom. The molecule has 1 aromatic rings. The van der Waals surface area contributed by atoms with Crippen LogP contribution < -0.4 is 4.74 Å². The lowest BCUT2D eigenvalue weighted by atomic mass is 10.2. The van der Waals surface area contributed by atoms with Gasteiger partial charge in [-0.2, -0.15) is 0 Å². The minimum atomic E-state index is -1.23. The van der Waals surface area contributed by atoms with Crippen LogP contribution in [0.25, 0.3) is 0 Å². The number of hydrogen-bond donors (Lipinski definition) is 1. The maximum absolute atomic E-state index is 13.4. The zero-order valence-corrected chi connectivity index (χ0v) is 10.5. The molecule has 5 nitrogen and oxygen atoms in total. The smallest absolute Gasteiger partial charge is 0.344 e. The van der Waals surface area contributed by atoms with E-state index in [1.807, 2.05) is 6.92 Å². The number of aromatic carboxylic acids is 1. The summed E-state index contributed by atoms with van der Waals surface area (Å²) in [6.45, 7) is 1.86. The molecule has 0 aliphatic carbocycles. The third-order valence-corrected chi connectivity index (χ3v) is 2.29. The molecule has 0 atom stereocenters. The number of benzene rings is 1. The first-order valence-electron chi connectivity index (χ1n) is 5.86. The van der Waals surface area contributed by atoms with Crippen molar-refractivity contribution < 1.29 is 28.6 Å². The molecule has 104 valence electrons. The van der Waals surface area contributed by atoms with Crippen LogP contribution in [0.2, 0.25) is 0 Å². The van der Waals surface area contributed by atoms with Crippen molar-refractivity contribution in [3.05, 3.63) is 29.6 Å². The van der Waals surface area contributed by atoms with E-state index in [4.69, 9.17) is 14.6 Å². The van der Waals surface area contributed by atoms with Gasteiger partial charge in [-0.1, -0.05) is 13.3 Å². The minimum absolute atomic E-state index is 0.183. The minimum Gasteiger partial charge on any atom is -0.479 e. The van der Waals surface area contributed by atoms with Crippen LogP contribution in [-0.2, 0) is 9.53 Å². The number of halogens is 1. The van der Waals surface area contributed by atoms with E-state index in [2.05, 4.69) is 0 Å². The molecule has 0 unspecified atom stereocenters. The summed E-state index contributed by atoms with van der Waals surface area (Å²) in [7, 11) is 0. The molecule has 0 bridgehead atoms. The number of hydrogen-bond acceptors (Lipinski definition) is 4. The Kier molecular flexibility index (Phi) is 5.78. The number of unbranched alkanes of at least 4 members (excludes halogenated alkanes) is 1. The molecule has 0 saturated carbocycles. The van der Waals surface area contributed by atoms with Crippen molar-refractivity contribution >= 4 is 11.9 Å². The van der Waals surface area contributed by atoms with Gasteiger partial charge in [0.05, 0.1) is 12.2 Å². The van der Waals surface area contributed by atoms with Gasteiger partial charge in [-0.25, -0.2) is 14.0 Å². The van der Waals surface area contributed by atoms with E-state index in [1.54, 1.807) is 0 Å². The highest BCUT2D eigenvalue weighted by Gasteiger charge is 2.11. The van der Waals surface area contributed by atoms with Gasteiger partial charge in [-0.05, 0) is 24.6 Å². The lowest BCUT2D eigenvalue weighted by Gasteiger charge is -2.07. The molecule has 0 saturated heterocycles. The summed E-state index contributed by atoms with van der Waals surface area (Å²) in [5, 5.41) is 8.66. The maximum atomic E-state index is 13.4. The van der Waals surface area contributed by atoms with Crippen molar-refractivity contribution in [2.45, 2.75) is 19.8 Å². The second kappa shape index (κ2) is 7.35. The molecule has 0 fully saturated rings. The van der Waals surface area contributed by atoms with E-state index >= 15 is 0 Å². The molecule has 0 radical (unpaired) electrons. The number of carbonyl (C=O) groups is 2. The standard InChI is InChI=1S/C13H15FO5/c1-2-3-6-18-12(15)8-19-11-5-4-9(13(16)17)7-10(11)14/h4-5,7H,2-3,6,8H2,1H3,(H,16,17). The summed E-state index contributed by atoms with van der Waals surface area (Å²) < 4.78 is 23.2. The van der Waals surface area contributed by atoms with E-state index in [0.29, 0.717) is 6.61 Å². The van der Waals surface area contributed by atoms with Gasteiger partial charge in [0, 0.05) is 0 Å². The topological polar surface area (TPSA) is 72.8 Å². The number of rotatable bonds is 7. The highest BCUT2D eigenvalue weighted by atomic mass is 19.1. The van der Waals surface area contributed by atoms with Gasteiger partial charge < -0.3 is 14.6 Å². The second-order valence-corrected chi connectivity index (χ2v) is 3.81. The first-order valence-corrected chi connectivity index (χ1v) is 5.86. The number of carboxylic acids is 1. The second-order valence-electron chi connectivity index (χ2n) is 3.81. The quantitative estimate of drug-likeness (QED) is 0.607. The van der Waals surface area contributed by atoms with Crippen LogP contribution >= 0.6 is 0 Å². The molecule has 1 rings (SSSR count). The van der Waals surface area contributed by atoms with E-state index in [1.165, 1.54) is 6.07 Å². The zero-order valence-electron chi connectivity index (χ0n) is 10.5. The molecule has 1 aromatic carbocycles. The molecular formula is C13H15FO5. The van der Waals surface area contributed by atoms with Gasteiger partial charge in [0.25, 0.3) is 0 Å². The fraction of sp³-hybridized carbons (Fsp3) is 0.385. The summed E-state index contributed by atoms with van der Waals surface area (Å²) in [5.41, 5.74) is -0.185. The Hall–Kier alpha value is -2.11. The summed E-state index contributed by atoms with van der Waals surface area (Å²) in [5.74, 6) is -2.83. The first-order chi connectivity index (χ1) is 9.04. The summed E-state index contributed by atoms with van der Waals surface area (Å²) in [6, 6.07) is 3.20. The van der Waals surface area contributed by atoms with Crippen LogP contribution in [0.1, 0.15) is 30.1 Å². The Bertz CT molecular complexity index is 458. The van der Waals surface area contributed by atoms with E-state index in [-0.39, 0.29) is 11.3 Å². The largest absolute Gasteiger partial charge is 0.479 e. The van der Waals surface area contributed by atoms with Gasteiger partial charge in [-0.15, -0.1) is 0 Å². The van der Waals surface area contributed by atoms with Gasteiger partial charge in [-0.3, -0.25) is 0 Å². The summed E-state index contributed by atoms with van der Waals surface area (Å²) >= 11 is 0. The summed E-state index contributed by atoms with van der Waals surface area (Å²) in [6.07, 6.45) is 1.66. The lowest BCUT2D eigenvalue weighted by Crippen LogP contribution is -2.16. The number of esters is 1. The highest BCUT2D eigenvalue weighted by Crippen LogP contribution is 2.18. The third-order valence-electron chi connectivity index (χ3n) is 2.29. The van der Waals surface area contributed by atoms with Gasteiger partial charge in [0.15, 0.2) is 18.2 Å². The fourth-order valence-electron chi connectivity index (χ4n) is 1.26. The van der Waals surface area contributed by atoms with Crippen molar-refractivity contribution in [3.63, 3.8) is 0 Å². The Balaban J connectivity index is 2.49. The molecule has 0 aromatic heterocycles. The first kappa shape index (κ1) is 14.9. The molecule has 0 aliphatic rings.